The van der Waals surface area contributed by atoms with E-state index in [2.05, 4.69) is 0 Å². The molecule has 2 atom stereocenters. The lowest BCUT2D eigenvalue weighted by atomic mass is 10.5. The first kappa shape index (κ1) is 24.2. The molecule has 2 aliphatic rings. The molecule has 2 N–H and O–H groups in total. The second-order valence-electron chi connectivity index (χ2n) is 5.32. The summed E-state index contributed by atoms with van der Waals surface area (Å²) >= 11 is 0. The Morgan fingerprint density at radius 3 is 1.62 bits per heavy atom. The van der Waals surface area contributed by atoms with Crippen LogP contribution in [0.25, 0.3) is 0 Å². The largest absolute Gasteiger partial charge is 0.500 e. The average Bonchev–Trinajstić information content (AvgIpc) is 3.42. The van der Waals surface area contributed by atoms with Crippen LogP contribution in [0.15, 0.2) is 0 Å². The smallest absolute Gasteiger partial charge is 0.376 e. The van der Waals surface area contributed by atoms with E-state index in [9.17, 15) is 0 Å². The third-order valence-electron chi connectivity index (χ3n) is 3.19. The van der Waals surface area contributed by atoms with Crippen molar-refractivity contribution in [1.29, 1.82) is 0 Å². The summed E-state index contributed by atoms with van der Waals surface area (Å²) in [5.74, 6) is 0. The van der Waals surface area contributed by atoms with Gasteiger partial charge in [-0.25, -0.2) is 0 Å². The van der Waals surface area contributed by atoms with E-state index in [-0.39, 0.29) is 11.0 Å². The van der Waals surface area contributed by atoms with Crippen LogP contribution in [0.3, 0.4) is 0 Å². The Balaban J connectivity index is 0.000000452. The highest BCUT2D eigenvalue weighted by Gasteiger charge is 2.39. The van der Waals surface area contributed by atoms with Gasteiger partial charge in [-0.3, -0.25) is 0 Å². The van der Waals surface area contributed by atoms with Gasteiger partial charge in [0.1, 0.15) is 12.2 Å². The standard InChI is InChI=1S/C9H23NO3Si.C6H10O3.H4Si/c1-4-11-14(12-5-2,13-6-3)9-7-8-10;1(5-3-8-5)7-2-6-4-9-6;/h4-10H2,1-3H3;5-6H,1-4H2;1H4. The number of ether oxygens (including phenoxy) is 3. The van der Waals surface area contributed by atoms with Crippen LogP contribution in [-0.2, 0) is 27.5 Å². The summed E-state index contributed by atoms with van der Waals surface area (Å²) in [6.07, 6.45) is 1.68. The summed E-state index contributed by atoms with van der Waals surface area (Å²) in [7, 11) is -2.40. The van der Waals surface area contributed by atoms with Crippen molar-refractivity contribution < 1.29 is 27.5 Å². The molecule has 146 valence electrons. The van der Waals surface area contributed by atoms with Gasteiger partial charge in [-0.2, -0.15) is 0 Å². The maximum Gasteiger partial charge on any atom is 0.500 e. The number of rotatable bonds is 13. The van der Waals surface area contributed by atoms with Gasteiger partial charge >= 0.3 is 8.80 Å². The van der Waals surface area contributed by atoms with Gasteiger partial charge in [-0.05, 0) is 44.7 Å². The summed E-state index contributed by atoms with van der Waals surface area (Å²) < 4.78 is 32.1. The number of hydrogen-bond acceptors (Lipinski definition) is 7. The Kier molecular flexibility index (Phi) is 14.4. The predicted molar refractivity (Wildman–Crippen MR) is 101 cm³/mol. The molecular weight excluding hydrogens is 346 g/mol. The van der Waals surface area contributed by atoms with Crippen LogP contribution in [-0.4, -0.2) is 84.8 Å². The van der Waals surface area contributed by atoms with E-state index in [4.69, 9.17) is 33.2 Å². The molecule has 0 radical (unpaired) electrons. The van der Waals surface area contributed by atoms with Crippen molar-refractivity contribution in [3.05, 3.63) is 0 Å². The zero-order valence-electron chi connectivity index (χ0n) is 14.8. The minimum atomic E-state index is -2.40. The van der Waals surface area contributed by atoms with Gasteiger partial charge in [-0.15, -0.1) is 0 Å². The second-order valence-corrected chi connectivity index (χ2v) is 8.05. The number of epoxide rings is 2. The first-order valence-electron chi connectivity index (χ1n) is 8.62. The molecule has 9 heteroatoms. The summed E-state index contributed by atoms with van der Waals surface area (Å²) in [4.78, 5) is 0. The third-order valence-corrected chi connectivity index (χ3v) is 6.34. The topological polar surface area (TPSA) is 88.0 Å². The van der Waals surface area contributed by atoms with Crippen molar-refractivity contribution in [3.63, 3.8) is 0 Å². The van der Waals surface area contributed by atoms with Gasteiger partial charge in [0, 0.05) is 25.9 Å². The van der Waals surface area contributed by atoms with Crippen molar-refractivity contribution >= 4 is 19.8 Å². The molecule has 2 saturated heterocycles. The van der Waals surface area contributed by atoms with Crippen molar-refractivity contribution in [3.8, 4) is 0 Å². The first-order valence-corrected chi connectivity index (χ1v) is 10.6. The molecule has 0 aromatic heterocycles. The fourth-order valence-electron chi connectivity index (χ4n) is 1.98. The maximum absolute atomic E-state index is 5.65. The molecule has 0 spiro atoms. The van der Waals surface area contributed by atoms with E-state index in [0.29, 0.717) is 38.6 Å². The highest BCUT2D eigenvalue weighted by molar-refractivity contribution is 6.60. The average molecular weight is 384 g/mol. The van der Waals surface area contributed by atoms with Gasteiger partial charge in [0.05, 0.1) is 26.4 Å². The maximum atomic E-state index is 5.65. The van der Waals surface area contributed by atoms with E-state index >= 15 is 0 Å². The molecule has 2 rings (SSSR count). The van der Waals surface area contributed by atoms with Crippen LogP contribution in [0, 0.1) is 0 Å². The van der Waals surface area contributed by atoms with Gasteiger partial charge in [0.15, 0.2) is 0 Å². The second kappa shape index (κ2) is 14.3. The van der Waals surface area contributed by atoms with E-state index in [0.717, 1.165) is 38.9 Å². The predicted octanol–water partition coefficient (Wildman–Crippen LogP) is -0.267. The van der Waals surface area contributed by atoms with E-state index < -0.39 is 8.80 Å². The van der Waals surface area contributed by atoms with Gasteiger partial charge in [0.25, 0.3) is 0 Å². The summed E-state index contributed by atoms with van der Waals surface area (Å²) in [6.45, 7) is 11.7. The van der Waals surface area contributed by atoms with Crippen molar-refractivity contribution in [2.24, 2.45) is 5.73 Å². The quantitative estimate of drug-likeness (QED) is 0.346. The van der Waals surface area contributed by atoms with Crippen LogP contribution in [0.5, 0.6) is 0 Å². The first-order chi connectivity index (χ1) is 11.2. The molecule has 0 aliphatic carbocycles. The van der Waals surface area contributed by atoms with Crippen LogP contribution >= 0.6 is 0 Å². The lowest BCUT2D eigenvalue weighted by Gasteiger charge is -2.28. The van der Waals surface area contributed by atoms with Crippen molar-refractivity contribution in [2.75, 3.05) is 52.8 Å². The lowest BCUT2D eigenvalue weighted by molar-refractivity contribution is 0.0710. The Labute approximate surface area is 151 Å². The zero-order valence-corrected chi connectivity index (χ0v) is 15.8. The summed E-state index contributed by atoms with van der Waals surface area (Å²) in [6, 6.07) is 0.818. The molecule has 0 aromatic carbocycles. The molecule has 0 bridgehead atoms. The minimum absolute atomic E-state index is 0. The van der Waals surface area contributed by atoms with Gasteiger partial charge in [0.2, 0.25) is 0 Å². The molecule has 24 heavy (non-hydrogen) atoms. The van der Waals surface area contributed by atoms with Crippen LogP contribution in [0.1, 0.15) is 27.2 Å². The minimum Gasteiger partial charge on any atom is -0.376 e. The molecule has 0 saturated carbocycles. The Morgan fingerprint density at radius 2 is 1.33 bits per heavy atom. The Hall–Kier alpha value is 0.154. The molecule has 2 unspecified atom stereocenters. The van der Waals surface area contributed by atoms with Crippen LogP contribution in [0.4, 0.5) is 0 Å². The van der Waals surface area contributed by atoms with Crippen LogP contribution in [0.2, 0.25) is 6.04 Å². The number of nitrogens with two attached hydrogens (primary N) is 1. The van der Waals surface area contributed by atoms with E-state index in [1.54, 1.807) is 0 Å². The zero-order chi connectivity index (χ0) is 17.0. The van der Waals surface area contributed by atoms with Gasteiger partial charge in [-0.1, -0.05) is 0 Å². The highest BCUT2D eigenvalue weighted by Crippen LogP contribution is 2.17. The Morgan fingerprint density at radius 1 is 0.917 bits per heavy atom. The summed E-state index contributed by atoms with van der Waals surface area (Å²) in [5.41, 5.74) is 5.48. The third kappa shape index (κ3) is 11.7. The molecule has 0 amide bonds. The SMILES string of the molecule is C(OCC1CO1)C1CO1.CCO[Si](CCCN)(OCC)OCC.[SiH4]. The lowest BCUT2D eigenvalue weighted by Crippen LogP contribution is -2.46. The molecule has 2 aliphatic heterocycles. The fourth-order valence-corrected chi connectivity index (χ4v) is 4.62. The summed E-state index contributed by atoms with van der Waals surface area (Å²) in [5, 5.41) is 0. The molecular formula is C15H37NO6Si2. The van der Waals surface area contributed by atoms with Crippen LogP contribution < -0.4 is 5.73 Å². The molecule has 2 fully saturated rings. The van der Waals surface area contributed by atoms with E-state index in [1.807, 2.05) is 20.8 Å². The fraction of sp³-hybridized carbons (Fsp3) is 1.00. The highest BCUT2D eigenvalue weighted by atomic mass is 28.4. The van der Waals surface area contributed by atoms with Crippen molar-refractivity contribution in [1.82, 2.24) is 0 Å². The monoisotopic (exact) mass is 383 g/mol. The normalized spacial score (nSPS) is 21.5. The number of hydrogen-bond donors (Lipinski definition) is 1. The molecule has 0 aromatic rings. The van der Waals surface area contributed by atoms with E-state index in [1.165, 1.54) is 0 Å². The van der Waals surface area contributed by atoms with Crippen molar-refractivity contribution in [2.45, 2.75) is 45.4 Å². The van der Waals surface area contributed by atoms with Gasteiger partial charge < -0.3 is 33.2 Å². The molecule has 7 nitrogen and oxygen atoms in total. The molecule has 2 heterocycles. The Bertz CT molecular complexity index is 264.